The van der Waals surface area contributed by atoms with Crippen LogP contribution < -0.4 is 5.32 Å². The van der Waals surface area contributed by atoms with Gasteiger partial charge in [0.1, 0.15) is 0 Å². The minimum Gasteiger partial charge on any atom is -0.369 e. The lowest BCUT2D eigenvalue weighted by atomic mass is 9.90. The number of aromatic nitrogens is 2. The fraction of sp³-hybridized carbons (Fsp3) is 0.556. The molecular weight excluding hydrogens is 320 g/mol. The van der Waals surface area contributed by atoms with Crippen molar-refractivity contribution in [1.29, 1.82) is 0 Å². The van der Waals surface area contributed by atoms with Gasteiger partial charge in [0.2, 0.25) is 5.95 Å². The van der Waals surface area contributed by atoms with E-state index in [0.29, 0.717) is 5.95 Å². The molecule has 5 nitrogen and oxygen atoms in total. The van der Waals surface area contributed by atoms with Crippen LogP contribution in [0.4, 0.5) is 5.95 Å². The third-order valence-electron chi connectivity index (χ3n) is 5.01. The first kappa shape index (κ1) is 16.0. The van der Waals surface area contributed by atoms with E-state index >= 15 is 0 Å². The average molecular weight is 344 g/mol. The molecule has 2 aliphatic heterocycles. The minimum atomic E-state index is 0.0537. The number of hydrogen-bond donors (Lipinski definition) is 1. The molecule has 1 N–H and O–H groups in total. The molecule has 0 amide bonds. The molecule has 0 aromatic carbocycles. The van der Waals surface area contributed by atoms with Crippen LogP contribution in [0.3, 0.4) is 0 Å². The summed E-state index contributed by atoms with van der Waals surface area (Å²) in [7, 11) is 0. The van der Waals surface area contributed by atoms with E-state index in [9.17, 15) is 0 Å². The van der Waals surface area contributed by atoms with Gasteiger partial charge in [-0.15, -0.1) is 0 Å². The average Bonchev–Trinajstić information content (AvgIpc) is 3.25. The molecule has 0 radical (unpaired) electrons. The normalized spacial score (nSPS) is 27.6. The maximum Gasteiger partial charge on any atom is 0.222 e. The van der Waals surface area contributed by atoms with Gasteiger partial charge >= 0.3 is 0 Å². The molecule has 2 aromatic heterocycles. The van der Waals surface area contributed by atoms with E-state index in [4.69, 9.17) is 4.74 Å². The number of anilines is 1. The van der Waals surface area contributed by atoms with Crippen LogP contribution in [-0.2, 0) is 11.3 Å². The molecule has 6 heteroatoms. The zero-order valence-corrected chi connectivity index (χ0v) is 14.7. The van der Waals surface area contributed by atoms with Gasteiger partial charge in [0.05, 0.1) is 11.7 Å². The maximum atomic E-state index is 6.55. The quantitative estimate of drug-likeness (QED) is 0.903. The maximum absolute atomic E-state index is 6.55. The summed E-state index contributed by atoms with van der Waals surface area (Å²) in [6, 6.07) is 4.06. The smallest absolute Gasteiger partial charge is 0.222 e. The van der Waals surface area contributed by atoms with Crippen molar-refractivity contribution in [2.45, 2.75) is 43.9 Å². The molecule has 2 saturated heterocycles. The number of ether oxygens (including phenoxy) is 1. The molecule has 0 aliphatic carbocycles. The second kappa shape index (κ2) is 7.17. The van der Waals surface area contributed by atoms with Gasteiger partial charge < -0.3 is 10.1 Å². The van der Waals surface area contributed by atoms with Crippen LogP contribution in [0.15, 0.2) is 35.3 Å². The number of nitrogens with zero attached hydrogens (tertiary/aromatic N) is 3. The van der Waals surface area contributed by atoms with Gasteiger partial charge in [0.15, 0.2) is 0 Å². The lowest BCUT2D eigenvalue weighted by molar-refractivity contribution is -0.115. The number of likely N-dealkylation sites (tertiary alicyclic amines) is 1. The van der Waals surface area contributed by atoms with E-state index in [-0.39, 0.29) is 11.7 Å². The van der Waals surface area contributed by atoms with Gasteiger partial charge in [-0.1, -0.05) is 0 Å². The Bertz CT molecular complexity index is 636. The number of hydrogen-bond acceptors (Lipinski definition) is 6. The van der Waals surface area contributed by atoms with E-state index in [1.54, 1.807) is 23.7 Å². The highest BCUT2D eigenvalue weighted by Gasteiger charge is 2.42. The van der Waals surface area contributed by atoms with Crippen molar-refractivity contribution in [2.75, 3.05) is 25.0 Å². The van der Waals surface area contributed by atoms with Crippen LogP contribution in [-0.4, -0.2) is 46.2 Å². The second-order valence-electron chi connectivity index (χ2n) is 6.86. The Morgan fingerprint density at radius 3 is 3.08 bits per heavy atom. The van der Waals surface area contributed by atoms with E-state index < -0.39 is 0 Å². The lowest BCUT2D eigenvalue weighted by Crippen LogP contribution is -2.45. The summed E-state index contributed by atoms with van der Waals surface area (Å²) in [5.41, 5.74) is 1.48. The Balaban J connectivity index is 1.31. The van der Waals surface area contributed by atoms with Gasteiger partial charge in [-0.3, -0.25) is 4.90 Å². The van der Waals surface area contributed by atoms with Gasteiger partial charge in [-0.25, -0.2) is 9.97 Å². The molecular formula is C18H24N4OS. The van der Waals surface area contributed by atoms with Crippen molar-refractivity contribution in [2.24, 2.45) is 0 Å². The van der Waals surface area contributed by atoms with Crippen LogP contribution in [0, 0.1) is 0 Å². The molecule has 2 aromatic rings. The molecule has 0 saturated carbocycles. The topological polar surface area (TPSA) is 50.3 Å². The fourth-order valence-corrected chi connectivity index (χ4v) is 4.53. The third kappa shape index (κ3) is 3.77. The van der Waals surface area contributed by atoms with Crippen molar-refractivity contribution in [3.8, 4) is 0 Å². The fourth-order valence-electron chi connectivity index (χ4n) is 3.87. The largest absolute Gasteiger partial charge is 0.369 e. The highest BCUT2D eigenvalue weighted by molar-refractivity contribution is 7.07. The zero-order valence-electron chi connectivity index (χ0n) is 13.9. The predicted molar refractivity (Wildman–Crippen MR) is 96.2 cm³/mol. The molecule has 4 rings (SSSR count). The highest BCUT2D eigenvalue weighted by Crippen LogP contribution is 2.37. The second-order valence-corrected chi connectivity index (χ2v) is 7.64. The Morgan fingerprint density at radius 2 is 2.25 bits per heavy atom. The van der Waals surface area contributed by atoms with Gasteiger partial charge in [-0.2, -0.15) is 11.3 Å². The Hall–Kier alpha value is -1.50. The summed E-state index contributed by atoms with van der Waals surface area (Å²) < 4.78 is 6.55. The molecule has 2 fully saturated rings. The molecule has 2 aliphatic rings. The lowest BCUT2D eigenvalue weighted by Gasteiger charge is -2.39. The van der Waals surface area contributed by atoms with Crippen LogP contribution >= 0.6 is 11.3 Å². The number of nitrogens with one attached hydrogen (secondary N) is 1. The monoisotopic (exact) mass is 344 g/mol. The highest BCUT2D eigenvalue weighted by atomic mass is 32.1. The number of rotatable bonds is 5. The van der Waals surface area contributed by atoms with Gasteiger partial charge in [0.25, 0.3) is 0 Å². The first-order chi connectivity index (χ1) is 11.8. The molecule has 1 spiro atoms. The summed E-state index contributed by atoms with van der Waals surface area (Å²) >= 11 is 1.78. The molecule has 24 heavy (non-hydrogen) atoms. The Kier molecular flexibility index (Phi) is 4.78. The van der Waals surface area contributed by atoms with Gasteiger partial charge in [-0.05, 0) is 54.1 Å². The van der Waals surface area contributed by atoms with Crippen LogP contribution in [0.25, 0.3) is 0 Å². The van der Waals surface area contributed by atoms with Crippen molar-refractivity contribution in [1.82, 2.24) is 14.9 Å². The summed E-state index contributed by atoms with van der Waals surface area (Å²) in [6.45, 7) is 4.03. The van der Waals surface area contributed by atoms with Gasteiger partial charge in [0, 0.05) is 38.6 Å². The summed E-state index contributed by atoms with van der Waals surface area (Å²) in [5.74, 6) is 0.686. The molecule has 0 unspecified atom stereocenters. The Labute approximate surface area is 147 Å². The Morgan fingerprint density at radius 1 is 1.33 bits per heavy atom. The van der Waals surface area contributed by atoms with E-state index in [0.717, 1.165) is 39.0 Å². The van der Waals surface area contributed by atoms with Crippen LogP contribution in [0.2, 0.25) is 0 Å². The van der Waals surface area contributed by atoms with E-state index in [2.05, 4.69) is 37.0 Å². The van der Waals surface area contributed by atoms with Crippen molar-refractivity contribution in [3.05, 3.63) is 40.8 Å². The first-order valence-corrected chi connectivity index (χ1v) is 9.68. The summed E-state index contributed by atoms with van der Waals surface area (Å²) in [5, 5.41) is 7.72. The van der Waals surface area contributed by atoms with Crippen LogP contribution in [0.5, 0.6) is 0 Å². The van der Waals surface area contributed by atoms with Crippen molar-refractivity contribution in [3.63, 3.8) is 0 Å². The van der Waals surface area contributed by atoms with E-state index in [1.165, 1.54) is 18.4 Å². The zero-order chi connectivity index (χ0) is 16.2. The molecule has 2 atom stereocenters. The molecule has 4 heterocycles. The van der Waals surface area contributed by atoms with E-state index in [1.807, 2.05) is 6.07 Å². The summed E-state index contributed by atoms with van der Waals surface area (Å²) in [4.78, 5) is 11.0. The predicted octanol–water partition coefficient (Wildman–Crippen LogP) is 3.16. The third-order valence-corrected chi connectivity index (χ3v) is 5.74. The SMILES string of the molecule is c1cnc(NC[C@H]2CCC[C@]3(CCN(Cc4ccsc4)C3)O2)nc1. The molecule has 128 valence electrons. The number of thiophene rings is 1. The van der Waals surface area contributed by atoms with Crippen molar-refractivity contribution >= 4 is 17.3 Å². The summed E-state index contributed by atoms with van der Waals surface area (Å²) in [6.07, 6.45) is 8.47. The van der Waals surface area contributed by atoms with Crippen LogP contribution in [0.1, 0.15) is 31.2 Å². The van der Waals surface area contributed by atoms with Crippen molar-refractivity contribution < 1.29 is 4.74 Å². The standard InChI is InChI=1S/C18H24N4OS/c1-3-16(11-21-17-19-7-2-8-20-17)23-18(5-1)6-9-22(14-18)12-15-4-10-24-13-15/h2,4,7-8,10,13,16H,1,3,5-6,9,11-12,14H2,(H,19,20,21)/t16-,18-/m1/s1. The first-order valence-electron chi connectivity index (χ1n) is 8.74. The minimum absolute atomic E-state index is 0.0537. The molecule has 0 bridgehead atoms.